The lowest BCUT2D eigenvalue weighted by atomic mass is 10.2. The van der Waals surface area contributed by atoms with Gasteiger partial charge in [0.1, 0.15) is 10.4 Å². The van der Waals surface area contributed by atoms with Gasteiger partial charge in [-0.2, -0.15) is 0 Å². The number of hydrogen-bond acceptors (Lipinski definition) is 5. The molecule has 146 valence electrons. The molecule has 0 saturated carbocycles. The van der Waals surface area contributed by atoms with Crippen LogP contribution in [-0.2, 0) is 14.4 Å². The normalized spacial score (nSPS) is 21.0. The van der Waals surface area contributed by atoms with E-state index in [1.165, 1.54) is 4.90 Å². The third-order valence-corrected chi connectivity index (χ3v) is 6.30. The number of carbonyl (C=O) groups excluding carboxylic acids is 3. The number of amides is 3. The van der Waals surface area contributed by atoms with Crippen LogP contribution >= 0.6 is 35.6 Å². The molecule has 2 saturated heterocycles. The highest BCUT2D eigenvalue weighted by Gasteiger charge is 2.48. The van der Waals surface area contributed by atoms with E-state index >= 15 is 0 Å². The van der Waals surface area contributed by atoms with Crippen LogP contribution in [0.15, 0.2) is 53.4 Å². The van der Waals surface area contributed by atoms with Gasteiger partial charge in [0.2, 0.25) is 5.91 Å². The summed E-state index contributed by atoms with van der Waals surface area (Å²) in [5.41, 5.74) is 2.31. The predicted octanol–water partition coefficient (Wildman–Crippen LogP) is 4.18. The first-order chi connectivity index (χ1) is 13.8. The zero-order chi connectivity index (χ0) is 20.7. The van der Waals surface area contributed by atoms with Crippen molar-refractivity contribution >= 4 is 69.4 Å². The minimum absolute atomic E-state index is 0.0899. The maximum Gasteiger partial charge on any atom is 0.266 e. The number of thiocarbonyl (C=S) groups is 1. The summed E-state index contributed by atoms with van der Waals surface area (Å²) in [6, 6.07) is 13.2. The van der Waals surface area contributed by atoms with E-state index in [2.05, 4.69) is 0 Å². The summed E-state index contributed by atoms with van der Waals surface area (Å²) >= 11 is 12.4. The van der Waals surface area contributed by atoms with Crippen LogP contribution in [0.25, 0.3) is 6.08 Å². The van der Waals surface area contributed by atoms with Crippen molar-refractivity contribution in [3.63, 3.8) is 0 Å². The van der Waals surface area contributed by atoms with Crippen molar-refractivity contribution in [3.8, 4) is 0 Å². The number of aryl methyl sites for hydroxylation is 1. The summed E-state index contributed by atoms with van der Waals surface area (Å²) in [7, 11) is 0. The zero-order valence-electron chi connectivity index (χ0n) is 15.3. The van der Waals surface area contributed by atoms with Crippen molar-refractivity contribution in [1.82, 2.24) is 4.90 Å². The smallest absolute Gasteiger partial charge is 0.266 e. The highest BCUT2D eigenvalue weighted by molar-refractivity contribution is 8.26. The molecule has 29 heavy (non-hydrogen) atoms. The lowest BCUT2D eigenvalue weighted by Crippen LogP contribution is -2.44. The molecular weight excluding hydrogens is 428 g/mol. The van der Waals surface area contributed by atoms with E-state index in [0.717, 1.165) is 27.8 Å². The number of halogens is 1. The van der Waals surface area contributed by atoms with E-state index in [0.29, 0.717) is 15.6 Å². The zero-order valence-corrected chi connectivity index (χ0v) is 17.7. The summed E-state index contributed by atoms with van der Waals surface area (Å²) in [4.78, 5) is 41.3. The van der Waals surface area contributed by atoms with Crippen LogP contribution in [-0.4, -0.2) is 33.0 Å². The SMILES string of the molecule is Cc1ccc(N2C(=O)C[C@@H](N3C(=O)/C(=C\c4ccc(Cl)cc4)SC3=S)C2=O)cc1. The van der Waals surface area contributed by atoms with Crippen LogP contribution in [0.4, 0.5) is 5.69 Å². The Balaban J connectivity index is 1.59. The van der Waals surface area contributed by atoms with E-state index in [-0.39, 0.29) is 22.6 Å². The number of nitrogens with zero attached hydrogens (tertiary/aromatic N) is 2. The average molecular weight is 443 g/mol. The second-order valence-corrected chi connectivity index (χ2v) is 8.84. The molecule has 1 atom stereocenters. The maximum atomic E-state index is 13.0. The number of benzene rings is 2. The molecule has 2 aliphatic heterocycles. The van der Waals surface area contributed by atoms with Gasteiger partial charge in [-0.05, 0) is 42.8 Å². The molecule has 0 radical (unpaired) electrons. The van der Waals surface area contributed by atoms with Crippen LogP contribution in [0, 0.1) is 6.92 Å². The topological polar surface area (TPSA) is 57.7 Å². The van der Waals surface area contributed by atoms with Gasteiger partial charge < -0.3 is 0 Å². The Labute approximate surface area is 182 Å². The van der Waals surface area contributed by atoms with Crippen molar-refractivity contribution in [1.29, 1.82) is 0 Å². The summed E-state index contributed by atoms with van der Waals surface area (Å²) in [6.07, 6.45) is 1.61. The predicted molar refractivity (Wildman–Crippen MR) is 119 cm³/mol. The number of imide groups is 1. The monoisotopic (exact) mass is 442 g/mol. The van der Waals surface area contributed by atoms with E-state index in [4.69, 9.17) is 23.8 Å². The Hall–Kier alpha value is -2.48. The molecule has 2 aromatic carbocycles. The summed E-state index contributed by atoms with van der Waals surface area (Å²) < 4.78 is 0.270. The Kier molecular flexibility index (Phi) is 5.29. The minimum atomic E-state index is -0.924. The maximum absolute atomic E-state index is 13.0. The van der Waals surface area contributed by atoms with Gasteiger partial charge in [-0.3, -0.25) is 19.3 Å². The fourth-order valence-corrected chi connectivity index (χ4v) is 4.72. The first-order valence-corrected chi connectivity index (χ1v) is 10.4. The van der Waals surface area contributed by atoms with Gasteiger partial charge in [0.15, 0.2) is 0 Å². The lowest BCUT2D eigenvalue weighted by molar-refractivity contribution is -0.129. The second kappa shape index (κ2) is 7.74. The number of rotatable bonds is 3. The second-order valence-electron chi connectivity index (χ2n) is 6.73. The van der Waals surface area contributed by atoms with E-state index in [1.54, 1.807) is 42.5 Å². The molecule has 0 aromatic heterocycles. The van der Waals surface area contributed by atoms with Crippen molar-refractivity contribution in [2.75, 3.05) is 4.90 Å². The molecule has 2 heterocycles. The van der Waals surface area contributed by atoms with Crippen molar-refractivity contribution in [3.05, 3.63) is 69.6 Å². The molecule has 2 aromatic rings. The quantitative estimate of drug-likeness (QED) is 0.405. The van der Waals surface area contributed by atoms with Crippen LogP contribution < -0.4 is 4.90 Å². The van der Waals surface area contributed by atoms with Crippen LogP contribution in [0.1, 0.15) is 17.5 Å². The van der Waals surface area contributed by atoms with Gasteiger partial charge in [-0.15, -0.1) is 0 Å². The first-order valence-electron chi connectivity index (χ1n) is 8.81. The minimum Gasteiger partial charge on any atom is -0.280 e. The molecule has 2 fully saturated rings. The van der Waals surface area contributed by atoms with Crippen LogP contribution in [0.2, 0.25) is 5.02 Å². The molecule has 0 bridgehead atoms. The van der Waals surface area contributed by atoms with Crippen molar-refractivity contribution in [2.24, 2.45) is 0 Å². The molecule has 2 aliphatic rings. The van der Waals surface area contributed by atoms with Crippen molar-refractivity contribution < 1.29 is 14.4 Å². The van der Waals surface area contributed by atoms with Gasteiger partial charge in [0.25, 0.3) is 11.8 Å². The van der Waals surface area contributed by atoms with E-state index < -0.39 is 11.9 Å². The summed E-state index contributed by atoms with van der Waals surface area (Å²) in [5.74, 6) is -1.16. The molecule has 0 spiro atoms. The Morgan fingerprint density at radius 1 is 1.07 bits per heavy atom. The van der Waals surface area contributed by atoms with Gasteiger partial charge in [-0.25, -0.2) is 4.90 Å². The molecule has 3 amide bonds. The van der Waals surface area contributed by atoms with Gasteiger partial charge in [0.05, 0.1) is 17.0 Å². The van der Waals surface area contributed by atoms with E-state index in [1.807, 2.05) is 19.1 Å². The summed E-state index contributed by atoms with van der Waals surface area (Å²) in [5, 5.41) is 0.598. The standard InChI is InChI=1S/C21H15ClN2O3S2/c1-12-2-8-15(9-3-12)23-18(25)11-16(19(23)26)24-20(27)17(29-21(24)28)10-13-4-6-14(22)7-5-13/h2-10,16H,11H2,1H3/b17-10+/t16-/m1/s1. The fraction of sp³-hybridized carbons (Fsp3) is 0.143. The third-order valence-electron chi connectivity index (χ3n) is 4.72. The summed E-state index contributed by atoms with van der Waals surface area (Å²) in [6.45, 7) is 1.92. The molecule has 0 unspecified atom stereocenters. The van der Waals surface area contributed by atoms with Crippen molar-refractivity contribution in [2.45, 2.75) is 19.4 Å². The molecule has 4 rings (SSSR count). The number of thioether (sulfide) groups is 1. The number of anilines is 1. The van der Waals surface area contributed by atoms with Gasteiger partial charge in [-0.1, -0.05) is 65.4 Å². The highest BCUT2D eigenvalue weighted by atomic mass is 35.5. The molecular formula is C21H15ClN2O3S2. The first kappa shape index (κ1) is 19.8. The molecule has 5 nitrogen and oxygen atoms in total. The van der Waals surface area contributed by atoms with E-state index in [9.17, 15) is 14.4 Å². The fourth-order valence-electron chi connectivity index (χ4n) is 3.24. The molecule has 8 heteroatoms. The number of carbonyl (C=O) groups is 3. The largest absolute Gasteiger partial charge is 0.280 e. The van der Waals surface area contributed by atoms with Crippen LogP contribution in [0.5, 0.6) is 0 Å². The molecule has 0 N–H and O–H groups in total. The number of hydrogen-bond donors (Lipinski definition) is 0. The Morgan fingerprint density at radius 2 is 1.72 bits per heavy atom. The highest BCUT2D eigenvalue weighted by Crippen LogP contribution is 2.37. The lowest BCUT2D eigenvalue weighted by Gasteiger charge is -2.21. The Morgan fingerprint density at radius 3 is 2.38 bits per heavy atom. The third kappa shape index (κ3) is 3.73. The molecule has 0 aliphatic carbocycles. The van der Waals surface area contributed by atoms with Crippen LogP contribution in [0.3, 0.4) is 0 Å². The average Bonchev–Trinajstić information content (AvgIpc) is 3.12. The Bertz CT molecular complexity index is 1060. The van der Waals surface area contributed by atoms with Gasteiger partial charge >= 0.3 is 0 Å². The van der Waals surface area contributed by atoms with Gasteiger partial charge in [0, 0.05) is 5.02 Å².